The van der Waals surface area contributed by atoms with Crippen molar-refractivity contribution in [2.45, 2.75) is 32.9 Å². The number of likely N-dealkylation sites (N-methyl/N-ethyl adjacent to an activating group) is 1. The minimum absolute atomic E-state index is 0.0597. The fourth-order valence-electron chi connectivity index (χ4n) is 2.06. The van der Waals surface area contributed by atoms with E-state index in [1.165, 1.54) is 7.11 Å². The lowest BCUT2D eigenvalue weighted by Gasteiger charge is -2.42. The molecular weight excluding hydrogens is 192 g/mol. The van der Waals surface area contributed by atoms with E-state index in [9.17, 15) is 4.79 Å². The third-order valence-electron chi connectivity index (χ3n) is 3.41. The first kappa shape index (κ1) is 12.5. The highest BCUT2D eigenvalue weighted by atomic mass is 16.5. The first-order valence-electron chi connectivity index (χ1n) is 5.66. The summed E-state index contributed by atoms with van der Waals surface area (Å²) in [6.07, 6.45) is 0. The van der Waals surface area contributed by atoms with Crippen molar-refractivity contribution in [2.75, 3.05) is 26.7 Å². The van der Waals surface area contributed by atoms with E-state index in [-0.39, 0.29) is 17.9 Å². The summed E-state index contributed by atoms with van der Waals surface area (Å²) < 4.78 is 4.78. The Hall–Kier alpha value is -0.610. The molecule has 0 saturated carbocycles. The molecule has 2 atom stereocenters. The van der Waals surface area contributed by atoms with E-state index in [4.69, 9.17) is 4.74 Å². The Labute approximate surface area is 92.0 Å². The van der Waals surface area contributed by atoms with Gasteiger partial charge in [-0.3, -0.25) is 9.69 Å². The zero-order chi connectivity index (χ0) is 11.4. The molecule has 1 rings (SSSR count). The number of nitrogens with one attached hydrogen (secondary N) is 1. The van der Waals surface area contributed by atoms with Gasteiger partial charge in [-0.15, -0.1) is 0 Å². The number of nitrogens with zero attached hydrogens (tertiary/aromatic N) is 1. The number of hydrogen-bond donors (Lipinski definition) is 1. The van der Waals surface area contributed by atoms with E-state index in [0.717, 1.165) is 19.6 Å². The third-order valence-corrected chi connectivity index (χ3v) is 3.41. The minimum Gasteiger partial charge on any atom is -0.469 e. The second-order valence-corrected chi connectivity index (χ2v) is 4.19. The summed E-state index contributed by atoms with van der Waals surface area (Å²) in [5.41, 5.74) is 0. The van der Waals surface area contributed by atoms with Crippen LogP contribution in [0.25, 0.3) is 0 Å². The highest BCUT2D eigenvalue weighted by molar-refractivity contribution is 5.72. The van der Waals surface area contributed by atoms with Crippen molar-refractivity contribution < 1.29 is 9.53 Å². The SMILES string of the molecule is CCN(C1CNC1)C(C)C(C)C(=O)OC. The maximum Gasteiger partial charge on any atom is 0.309 e. The fraction of sp³-hybridized carbons (Fsp3) is 0.909. The van der Waals surface area contributed by atoms with Gasteiger partial charge in [-0.25, -0.2) is 0 Å². The molecule has 0 bridgehead atoms. The third kappa shape index (κ3) is 2.69. The molecule has 1 N–H and O–H groups in total. The van der Waals surface area contributed by atoms with Crippen molar-refractivity contribution >= 4 is 5.97 Å². The molecule has 1 heterocycles. The molecular formula is C11H22N2O2. The van der Waals surface area contributed by atoms with E-state index in [1.807, 2.05) is 6.92 Å². The monoisotopic (exact) mass is 214 g/mol. The number of esters is 1. The average molecular weight is 214 g/mol. The molecule has 0 aliphatic carbocycles. The maximum absolute atomic E-state index is 11.4. The Morgan fingerprint density at radius 3 is 2.47 bits per heavy atom. The molecule has 0 aromatic rings. The molecule has 0 aromatic heterocycles. The van der Waals surface area contributed by atoms with Crippen molar-refractivity contribution in [1.29, 1.82) is 0 Å². The summed E-state index contributed by atoms with van der Waals surface area (Å²) in [4.78, 5) is 13.8. The summed E-state index contributed by atoms with van der Waals surface area (Å²) in [5.74, 6) is -0.177. The number of carbonyl (C=O) groups excluding carboxylic acids is 1. The molecule has 0 spiro atoms. The van der Waals surface area contributed by atoms with Crippen LogP contribution in [0.4, 0.5) is 0 Å². The molecule has 15 heavy (non-hydrogen) atoms. The van der Waals surface area contributed by atoms with Crippen LogP contribution in [0, 0.1) is 5.92 Å². The lowest BCUT2D eigenvalue weighted by molar-refractivity contribution is -0.147. The van der Waals surface area contributed by atoms with Gasteiger partial charge in [-0.05, 0) is 13.5 Å². The van der Waals surface area contributed by atoms with Gasteiger partial charge >= 0.3 is 5.97 Å². The molecule has 0 aromatic carbocycles. The van der Waals surface area contributed by atoms with Crippen LogP contribution in [0.15, 0.2) is 0 Å². The van der Waals surface area contributed by atoms with Gasteiger partial charge in [0.2, 0.25) is 0 Å². The van der Waals surface area contributed by atoms with Gasteiger partial charge in [-0.1, -0.05) is 13.8 Å². The normalized spacial score (nSPS) is 20.9. The average Bonchev–Trinajstić information content (AvgIpc) is 2.19. The molecule has 2 unspecified atom stereocenters. The van der Waals surface area contributed by atoms with Crippen LogP contribution in [0.1, 0.15) is 20.8 Å². The van der Waals surface area contributed by atoms with Crippen LogP contribution in [-0.4, -0.2) is 49.7 Å². The molecule has 1 aliphatic rings. The van der Waals surface area contributed by atoms with Gasteiger partial charge in [0.05, 0.1) is 13.0 Å². The van der Waals surface area contributed by atoms with E-state index >= 15 is 0 Å². The van der Waals surface area contributed by atoms with Crippen molar-refractivity contribution in [3.63, 3.8) is 0 Å². The number of ether oxygens (including phenoxy) is 1. The van der Waals surface area contributed by atoms with Crippen LogP contribution in [0.5, 0.6) is 0 Å². The van der Waals surface area contributed by atoms with Gasteiger partial charge in [0.25, 0.3) is 0 Å². The number of rotatable bonds is 5. The van der Waals surface area contributed by atoms with Gasteiger partial charge in [-0.2, -0.15) is 0 Å². The van der Waals surface area contributed by atoms with Crippen molar-refractivity contribution in [3.8, 4) is 0 Å². The van der Waals surface area contributed by atoms with Crippen LogP contribution in [0.2, 0.25) is 0 Å². The molecule has 88 valence electrons. The lowest BCUT2D eigenvalue weighted by atomic mass is 9.98. The van der Waals surface area contributed by atoms with Crippen molar-refractivity contribution in [1.82, 2.24) is 10.2 Å². The van der Waals surface area contributed by atoms with Gasteiger partial charge in [0.1, 0.15) is 0 Å². The second-order valence-electron chi connectivity index (χ2n) is 4.19. The summed E-state index contributed by atoms with van der Waals surface area (Å²) in [6, 6.07) is 0.826. The summed E-state index contributed by atoms with van der Waals surface area (Å²) >= 11 is 0. The molecule has 1 aliphatic heterocycles. The molecule has 4 nitrogen and oxygen atoms in total. The summed E-state index contributed by atoms with van der Waals surface area (Å²) in [5, 5.41) is 3.26. The van der Waals surface area contributed by atoms with Crippen LogP contribution < -0.4 is 5.32 Å². The smallest absolute Gasteiger partial charge is 0.309 e. The predicted molar refractivity (Wildman–Crippen MR) is 59.7 cm³/mol. The second kappa shape index (κ2) is 5.47. The van der Waals surface area contributed by atoms with Crippen molar-refractivity contribution in [2.24, 2.45) is 5.92 Å². The maximum atomic E-state index is 11.4. The van der Waals surface area contributed by atoms with Gasteiger partial charge in [0, 0.05) is 25.2 Å². The number of methoxy groups -OCH3 is 1. The Kier molecular flexibility index (Phi) is 4.54. The Morgan fingerprint density at radius 1 is 1.53 bits per heavy atom. The van der Waals surface area contributed by atoms with E-state index < -0.39 is 0 Å². The Bertz CT molecular complexity index is 217. The zero-order valence-corrected chi connectivity index (χ0v) is 10.1. The molecule has 1 fully saturated rings. The first-order valence-corrected chi connectivity index (χ1v) is 5.66. The minimum atomic E-state index is -0.117. The standard InChI is InChI=1S/C11H22N2O2/c1-5-13(10-6-12-7-10)9(3)8(2)11(14)15-4/h8-10,12H,5-7H2,1-4H3. The van der Waals surface area contributed by atoms with E-state index in [0.29, 0.717) is 6.04 Å². The van der Waals surface area contributed by atoms with E-state index in [1.54, 1.807) is 0 Å². The predicted octanol–water partition coefficient (Wildman–Crippen LogP) is 0.478. The molecule has 1 saturated heterocycles. The molecule has 0 radical (unpaired) electrons. The Balaban J connectivity index is 2.54. The molecule has 4 heteroatoms. The quantitative estimate of drug-likeness (QED) is 0.676. The lowest BCUT2D eigenvalue weighted by Crippen LogP contribution is -2.60. The number of hydrogen-bond acceptors (Lipinski definition) is 4. The van der Waals surface area contributed by atoms with Crippen molar-refractivity contribution in [3.05, 3.63) is 0 Å². The highest BCUT2D eigenvalue weighted by Crippen LogP contribution is 2.17. The topological polar surface area (TPSA) is 41.6 Å². The van der Waals surface area contributed by atoms with Gasteiger partial charge < -0.3 is 10.1 Å². The van der Waals surface area contributed by atoms with Crippen LogP contribution in [0.3, 0.4) is 0 Å². The van der Waals surface area contributed by atoms with Crippen LogP contribution >= 0.6 is 0 Å². The van der Waals surface area contributed by atoms with Gasteiger partial charge in [0.15, 0.2) is 0 Å². The summed E-state index contributed by atoms with van der Waals surface area (Å²) in [6.45, 7) is 9.22. The molecule has 0 amide bonds. The van der Waals surface area contributed by atoms with Crippen LogP contribution in [-0.2, 0) is 9.53 Å². The highest BCUT2D eigenvalue weighted by Gasteiger charge is 2.32. The summed E-state index contributed by atoms with van der Waals surface area (Å²) in [7, 11) is 1.45. The fourth-order valence-corrected chi connectivity index (χ4v) is 2.06. The largest absolute Gasteiger partial charge is 0.469 e. The van der Waals surface area contributed by atoms with E-state index in [2.05, 4.69) is 24.1 Å². The Morgan fingerprint density at radius 2 is 2.13 bits per heavy atom. The number of carbonyl (C=O) groups is 1. The first-order chi connectivity index (χ1) is 7.11. The zero-order valence-electron chi connectivity index (χ0n) is 10.1.